The second kappa shape index (κ2) is 14.3. The van der Waals surface area contributed by atoms with Crippen molar-refractivity contribution < 1.29 is 0 Å². The van der Waals surface area contributed by atoms with Crippen molar-refractivity contribution in [2.45, 2.75) is 38.5 Å². The fraction of sp³-hybridized carbons (Fsp3) is 0.0938. The van der Waals surface area contributed by atoms with E-state index >= 15 is 0 Å². The summed E-state index contributed by atoms with van der Waals surface area (Å²) >= 11 is 0. The van der Waals surface area contributed by atoms with Gasteiger partial charge < -0.3 is 9.80 Å². The molecule has 2 aliphatic carbocycles. The molecule has 1 aliphatic heterocycles. The first-order valence-electron chi connectivity index (χ1n) is 23.3. The zero-order valence-electron chi connectivity index (χ0n) is 37.7. The quantitative estimate of drug-likeness (QED) is 0.170. The summed E-state index contributed by atoms with van der Waals surface area (Å²) in [6, 6.07) is 81.6. The van der Waals surface area contributed by atoms with Crippen molar-refractivity contribution in [2.75, 3.05) is 9.80 Å². The van der Waals surface area contributed by atoms with Gasteiger partial charge in [0, 0.05) is 44.4 Å². The number of anilines is 6. The molecule has 0 unspecified atom stereocenters. The second-order valence-electron chi connectivity index (χ2n) is 19.3. The highest BCUT2D eigenvalue weighted by Gasteiger charge is 2.38. The van der Waals surface area contributed by atoms with Crippen molar-refractivity contribution in [3.8, 4) is 55.6 Å². The standard InChI is InChI=1S/C64H48N2/c1-63(2)56-26-13-9-20-47(56)54-39-44(34-37-57(54)63)66-59-27-14-10-21-49(59)51-23-16-24-53-61(38-36-52(62(51)53)50-22-11-15-28-60(50)66)65(43-31-29-42(30-32-43)41-17-6-5-7-18-41)45-33-35-48-46-19-8-12-25-55(46)64(3,4)58(48)40-45/h5-40H,1-4H3. The van der Waals surface area contributed by atoms with Gasteiger partial charge in [-0.25, -0.2) is 0 Å². The Hall–Kier alpha value is -7.94. The third-order valence-electron chi connectivity index (χ3n) is 15.0. The van der Waals surface area contributed by atoms with E-state index < -0.39 is 0 Å². The summed E-state index contributed by atoms with van der Waals surface area (Å²) in [6.45, 7) is 9.45. The van der Waals surface area contributed by atoms with Gasteiger partial charge in [0.1, 0.15) is 0 Å². The fourth-order valence-electron chi connectivity index (χ4n) is 11.8. The first-order chi connectivity index (χ1) is 32.3. The molecule has 0 atom stereocenters. The number of hydrogen-bond donors (Lipinski definition) is 0. The highest BCUT2D eigenvalue weighted by molar-refractivity contribution is 6.17. The predicted molar refractivity (Wildman–Crippen MR) is 278 cm³/mol. The summed E-state index contributed by atoms with van der Waals surface area (Å²) in [5.41, 5.74) is 24.7. The van der Waals surface area contributed by atoms with Gasteiger partial charge in [-0.05, 0) is 127 Å². The molecule has 0 bridgehead atoms. The van der Waals surface area contributed by atoms with E-state index in [1.54, 1.807) is 0 Å². The molecule has 0 spiro atoms. The number of benzene rings is 10. The van der Waals surface area contributed by atoms with Gasteiger partial charge in [-0.2, -0.15) is 0 Å². The van der Waals surface area contributed by atoms with Gasteiger partial charge in [-0.3, -0.25) is 0 Å². The van der Waals surface area contributed by atoms with Gasteiger partial charge in [-0.1, -0.05) is 191 Å². The Balaban J connectivity index is 1.03. The predicted octanol–water partition coefficient (Wildman–Crippen LogP) is 17.7. The van der Waals surface area contributed by atoms with Crippen LogP contribution in [0.25, 0.3) is 66.4 Å². The molecule has 314 valence electrons. The number of para-hydroxylation sites is 2. The lowest BCUT2D eigenvalue weighted by Gasteiger charge is -2.34. The maximum Gasteiger partial charge on any atom is 0.0540 e. The van der Waals surface area contributed by atoms with Gasteiger partial charge in [0.05, 0.1) is 17.1 Å². The Morgan fingerprint density at radius 1 is 0.333 bits per heavy atom. The highest BCUT2D eigenvalue weighted by Crippen LogP contribution is 2.56. The van der Waals surface area contributed by atoms with Crippen molar-refractivity contribution in [2.24, 2.45) is 0 Å². The first-order valence-corrected chi connectivity index (χ1v) is 23.3. The number of rotatable bonds is 5. The Labute approximate surface area is 387 Å². The third-order valence-corrected chi connectivity index (χ3v) is 15.0. The second-order valence-corrected chi connectivity index (χ2v) is 19.3. The van der Waals surface area contributed by atoms with E-state index in [0.717, 1.165) is 34.1 Å². The minimum absolute atomic E-state index is 0.0678. The van der Waals surface area contributed by atoms with E-state index in [4.69, 9.17) is 0 Å². The van der Waals surface area contributed by atoms with Crippen LogP contribution in [0.15, 0.2) is 218 Å². The summed E-state index contributed by atoms with van der Waals surface area (Å²) in [7, 11) is 0. The molecule has 3 aliphatic rings. The molecule has 0 N–H and O–H groups in total. The first kappa shape index (κ1) is 38.5. The van der Waals surface area contributed by atoms with Crippen LogP contribution in [0.2, 0.25) is 0 Å². The minimum Gasteiger partial charge on any atom is -0.310 e. The van der Waals surface area contributed by atoms with Crippen LogP contribution in [0.1, 0.15) is 49.9 Å². The molecule has 2 nitrogen and oxygen atoms in total. The number of hydrogen-bond acceptors (Lipinski definition) is 2. The molecule has 13 rings (SSSR count). The van der Waals surface area contributed by atoms with Crippen molar-refractivity contribution >= 4 is 44.9 Å². The maximum atomic E-state index is 2.50. The molecule has 10 aromatic carbocycles. The summed E-state index contributed by atoms with van der Waals surface area (Å²) in [6.07, 6.45) is 0. The SMILES string of the molecule is CC1(C)c2ccccc2-c2cc(N3c4ccccc4-c4cccc5c(N(c6ccc(-c7ccccc7)cc6)c6ccc7c(c6)C(C)(C)c6ccccc6-7)ccc(c45)-c4ccccc43)ccc21. The molecule has 0 saturated heterocycles. The monoisotopic (exact) mass is 844 g/mol. The lowest BCUT2D eigenvalue weighted by Crippen LogP contribution is -2.17. The van der Waals surface area contributed by atoms with Crippen LogP contribution in [0, 0.1) is 0 Å². The van der Waals surface area contributed by atoms with Crippen LogP contribution >= 0.6 is 0 Å². The number of fused-ring (bicyclic) bond motifs is 10. The van der Waals surface area contributed by atoms with Crippen LogP contribution in [0.4, 0.5) is 34.1 Å². The van der Waals surface area contributed by atoms with Gasteiger partial charge in [0.25, 0.3) is 0 Å². The molecule has 10 aromatic rings. The smallest absolute Gasteiger partial charge is 0.0540 e. The molecule has 0 saturated carbocycles. The summed E-state index contributed by atoms with van der Waals surface area (Å²) in [4.78, 5) is 4.99. The number of nitrogens with zero attached hydrogens (tertiary/aromatic N) is 2. The van der Waals surface area contributed by atoms with Crippen LogP contribution in [-0.4, -0.2) is 0 Å². The molecule has 1 heterocycles. The van der Waals surface area contributed by atoms with E-state index in [0.29, 0.717) is 0 Å². The topological polar surface area (TPSA) is 6.48 Å². The Kier molecular flexibility index (Phi) is 8.33. The van der Waals surface area contributed by atoms with Crippen LogP contribution < -0.4 is 9.80 Å². The normalized spacial score (nSPS) is 14.3. The van der Waals surface area contributed by atoms with Gasteiger partial charge in [0.15, 0.2) is 0 Å². The average molecular weight is 845 g/mol. The molecule has 0 aromatic heterocycles. The molecular formula is C64H48N2. The van der Waals surface area contributed by atoms with Gasteiger partial charge in [-0.15, -0.1) is 0 Å². The van der Waals surface area contributed by atoms with E-state index in [9.17, 15) is 0 Å². The third kappa shape index (κ3) is 5.55. The zero-order valence-corrected chi connectivity index (χ0v) is 37.7. The summed E-state index contributed by atoms with van der Waals surface area (Å²) in [5.74, 6) is 0. The maximum absolute atomic E-state index is 2.50. The van der Waals surface area contributed by atoms with Crippen LogP contribution in [0.5, 0.6) is 0 Å². The zero-order chi connectivity index (χ0) is 44.3. The Morgan fingerprint density at radius 3 is 1.53 bits per heavy atom. The fourth-order valence-corrected chi connectivity index (χ4v) is 11.8. The van der Waals surface area contributed by atoms with Crippen LogP contribution in [0.3, 0.4) is 0 Å². The van der Waals surface area contributed by atoms with Crippen molar-refractivity contribution in [3.63, 3.8) is 0 Å². The molecular weight excluding hydrogens is 797 g/mol. The highest BCUT2D eigenvalue weighted by atomic mass is 15.2. The Morgan fingerprint density at radius 2 is 0.833 bits per heavy atom. The van der Waals surface area contributed by atoms with Crippen LogP contribution in [-0.2, 0) is 10.8 Å². The van der Waals surface area contributed by atoms with E-state index in [-0.39, 0.29) is 10.8 Å². The molecule has 0 fully saturated rings. The van der Waals surface area contributed by atoms with Crippen molar-refractivity contribution in [1.29, 1.82) is 0 Å². The molecule has 0 radical (unpaired) electrons. The van der Waals surface area contributed by atoms with Gasteiger partial charge >= 0.3 is 0 Å². The Bertz CT molecular complexity index is 3540. The minimum atomic E-state index is -0.140. The van der Waals surface area contributed by atoms with E-state index in [1.165, 1.54) is 88.7 Å². The van der Waals surface area contributed by atoms with Crippen molar-refractivity contribution in [3.05, 3.63) is 241 Å². The molecule has 66 heavy (non-hydrogen) atoms. The van der Waals surface area contributed by atoms with E-state index in [1.807, 2.05) is 0 Å². The lowest BCUT2D eigenvalue weighted by atomic mass is 9.82. The average Bonchev–Trinajstić information content (AvgIpc) is 3.73. The van der Waals surface area contributed by atoms with Crippen molar-refractivity contribution in [1.82, 2.24) is 0 Å². The lowest BCUT2D eigenvalue weighted by molar-refractivity contribution is 0.660. The van der Waals surface area contributed by atoms with Gasteiger partial charge in [0.2, 0.25) is 0 Å². The van der Waals surface area contributed by atoms with E-state index in [2.05, 4.69) is 256 Å². The summed E-state index contributed by atoms with van der Waals surface area (Å²) < 4.78 is 0. The molecule has 0 amide bonds. The summed E-state index contributed by atoms with van der Waals surface area (Å²) in [5, 5.41) is 2.45. The molecule has 2 heteroatoms. The largest absolute Gasteiger partial charge is 0.310 e.